The molecular formula is C59H112N2O6P+. The van der Waals surface area contributed by atoms with Gasteiger partial charge in [0.25, 0.3) is 0 Å². The van der Waals surface area contributed by atoms with Crippen molar-refractivity contribution in [1.29, 1.82) is 0 Å². The first-order valence-corrected chi connectivity index (χ1v) is 30.2. The Hall–Kier alpha value is -1.80. The van der Waals surface area contributed by atoms with Crippen LogP contribution in [0, 0.1) is 0 Å². The summed E-state index contributed by atoms with van der Waals surface area (Å²) in [4.78, 5) is 23.1. The lowest BCUT2D eigenvalue weighted by molar-refractivity contribution is -0.870. The van der Waals surface area contributed by atoms with Crippen molar-refractivity contribution in [3.63, 3.8) is 0 Å². The normalized spacial score (nSPS) is 14.4. The van der Waals surface area contributed by atoms with Crippen molar-refractivity contribution in [2.75, 3.05) is 40.9 Å². The van der Waals surface area contributed by atoms with Crippen LogP contribution in [0.15, 0.2) is 60.8 Å². The molecule has 0 radical (unpaired) electrons. The summed E-state index contributed by atoms with van der Waals surface area (Å²) in [6, 6.07) is -0.860. The van der Waals surface area contributed by atoms with Crippen LogP contribution in [0.1, 0.15) is 258 Å². The zero-order chi connectivity index (χ0) is 49.9. The van der Waals surface area contributed by atoms with Crippen LogP contribution in [0.25, 0.3) is 0 Å². The minimum atomic E-state index is -4.34. The maximum absolute atomic E-state index is 12.9. The van der Waals surface area contributed by atoms with E-state index in [0.717, 1.165) is 57.8 Å². The number of aliphatic hydroxyl groups is 1. The number of quaternary nitrogens is 1. The average molecular weight is 977 g/mol. The van der Waals surface area contributed by atoms with E-state index in [4.69, 9.17) is 9.05 Å². The Labute approximate surface area is 422 Å². The highest BCUT2D eigenvalue weighted by molar-refractivity contribution is 7.47. The number of nitrogens with one attached hydrogen (secondary N) is 1. The average Bonchev–Trinajstić information content (AvgIpc) is 3.30. The van der Waals surface area contributed by atoms with Gasteiger partial charge in [0.1, 0.15) is 13.2 Å². The summed E-state index contributed by atoms with van der Waals surface area (Å²) in [6.45, 7) is 4.68. The Kier molecular flexibility index (Phi) is 48.8. The van der Waals surface area contributed by atoms with Crippen molar-refractivity contribution < 1.29 is 32.9 Å². The second kappa shape index (κ2) is 50.2. The molecule has 0 aromatic carbocycles. The molecule has 68 heavy (non-hydrogen) atoms. The molecule has 0 rings (SSSR count). The van der Waals surface area contributed by atoms with Gasteiger partial charge in [-0.05, 0) is 64.2 Å². The Morgan fingerprint density at radius 3 is 1.32 bits per heavy atom. The number of nitrogens with zero attached hydrogens (tertiary/aromatic N) is 1. The first kappa shape index (κ1) is 66.2. The van der Waals surface area contributed by atoms with Gasteiger partial charge < -0.3 is 19.8 Å². The molecule has 0 aliphatic heterocycles. The fourth-order valence-electron chi connectivity index (χ4n) is 8.19. The smallest absolute Gasteiger partial charge is 0.387 e. The van der Waals surface area contributed by atoms with E-state index in [2.05, 4.69) is 67.8 Å². The minimum Gasteiger partial charge on any atom is -0.387 e. The van der Waals surface area contributed by atoms with E-state index in [0.29, 0.717) is 17.4 Å². The second-order valence-electron chi connectivity index (χ2n) is 20.7. The van der Waals surface area contributed by atoms with E-state index in [-0.39, 0.29) is 19.1 Å². The van der Waals surface area contributed by atoms with Gasteiger partial charge in [-0.2, -0.15) is 0 Å². The number of phosphoric acid groups is 1. The molecule has 0 aromatic heterocycles. The van der Waals surface area contributed by atoms with Gasteiger partial charge in [0.15, 0.2) is 0 Å². The van der Waals surface area contributed by atoms with Crippen LogP contribution < -0.4 is 5.32 Å². The quantitative estimate of drug-likeness (QED) is 0.0243. The van der Waals surface area contributed by atoms with Gasteiger partial charge >= 0.3 is 7.82 Å². The molecule has 0 heterocycles. The third-order valence-electron chi connectivity index (χ3n) is 12.7. The maximum atomic E-state index is 12.9. The molecular weight excluding hydrogens is 864 g/mol. The predicted octanol–water partition coefficient (Wildman–Crippen LogP) is 17.3. The molecule has 0 saturated carbocycles. The zero-order valence-electron chi connectivity index (χ0n) is 45.3. The third kappa shape index (κ3) is 52.0. The highest BCUT2D eigenvalue weighted by atomic mass is 31.2. The molecule has 1 amide bonds. The molecule has 3 unspecified atom stereocenters. The summed E-state index contributed by atoms with van der Waals surface area (Å²) in [5, 5.41) is 13.7. The monoisotopic (exact) mass is 976 g/mol. The fourth-order valence-corrected chi connectivity index (χ4v) is 8.93. The van der Waals surface area contributed by atoms with Gasteiger partial charge in [0.2, 0.25) is 5.91 Å². The number of unbranched alkanes of at least 4 members (excludes halogenated alkanes) is 31. The predicted molar refractivity (Wildman–Crippen MR) is 295 cm³/mol. The number of hydrogen-bond donors (Lipinski definition) is 3. The molecule has 3 N–H and O–H groups in total. The van der Waals surface area contributed by atoms with E-state index >= 15 is 0 Å². The first-order chi connectivity index (χ1) is 33.0. The Morgan fingerprint density at radius 1 is 0.500 bits per heavy atom. The lowest BCUT2D eigenvalue weighted by atomic mass is 10.0. The van der Waals surface area contributed by atoms with Gasteiger partial charge in [0, 0.05) is 6.42 Å². The number of likely N-dealkylation sites (N-methyl/N-ethyl adjacent to an activating group) is 1. The molecule has 8 nitrogen and oxygen atoms in total. The summed E-state index contributed by atoms with van der Waals surface area (Å²) in [7, 11) is 1.55. The fraction of sp³-hybridized carbons (Fsp3) is 0.814. The number of carbonyl (C=O) groups is 1. The minimum absolute atomic E-state index is 0.0556. The van der Waals surface area contributed by atoms with Crippen LogP contribution in [0.4, 0.5) is 0 Å². The summed E-state index contributed by atoms with van der Waals surface area (Å²) in [5.74, 6) is -0.189. The number of amides is 1. The standard InChI is InChI=1S/C59H111N2O6P/c1-6-8-10-12-14-15-16-17-18-19-20-21-22-23-24-25-26-27-28-29-30-31-32-33-34-35-36-37-38-39-40-41-42-43-44-45-47-49-51-53-59(63)60-57(58(62)52-50-48-46-13-11-9-7-2)56-67-68(64,65)66-55-54-61(3,4)5/h11,13,16-17,19-20,22-23,50,52,57-58,62H,6-10,12,14-15,18,21,24-49,51,53-56H2,1-5H3,(H-,60,63,64,65)/p+1/b13-11+,17-16-,20-19-,23-22-,52-50+. The molecule has 0 aliphatic carbocycles. The number of hydrogen-bond acceptors (Lipinski definition) is 5. The molecule has 0 saturated heterocycles. The molecule has 0 spiro atoms. The number of carbonyl (C=O) groups excluding carboxylic acids is 1. The highest BCUT2D eigenvalue weighted by Crippen LogP contribution is 2.43. The van der Waals surface area contributed by atoms with Crippen LogP contribution in [0.2, 0.25) is 0 Å². The third-order valence-corrected chi connectivity index (χ3v) is 13.7. The second-order valence-corrected chi connectivity index (χ2v) is 22.1. The van der Waals surface area contributed by atoms with Crippen LogP contribution in [-0.2, 0) is 18.4 Å². The number of allylic oxidation sites excluding steroid dienone is 9. The van der Waals surface area contributed by atoms with Gasteiger partial charge in [-0.3, -0.25) is 13.8 Å². The van der Waals surface area contributed by atoms with Crippen molar-refractivity contribution in [2.24, 2.45) is 0 Å². The lowest BCUT2D eigenvalue weighted by Crippen LogP contribution is -2.45. The summed E-state index contributed by atoms with van der Waals surface area (Å²) in [5.41, 5.74) is 0. The van der Waals surface area contributed by atoms with Crippen molar-refractivity contribution in [3.8, 4) is 0 Å². The topological polar surface area (TPSA) is 105 Å². The van der Waals surface area contributed by atoms with E-state index in [1.54, 1.807) is 6.08 Å². The van der Waals surface area contributed by atoms with Crippen LogP contribution in [-0.4, -0.2) is 73.4 Å². The van der Waals surface area contributed by atoms with E-state index in [1.807, 2.05) is 27.2 Å². The van der Waals surface area contributed by atoms with Gasteiger partial charge in [0.05, 0.1) is 39.9 Å². The lowest BCUT2D eigenvalue weighted by Gasteiger charge is -2.25. The summed E-state index contributed by atoms with van der Waals surface area (Å²) >= 11 is 0. The molecule has 0 aliphatic rings. The Morgan fingerprint density at radius 2 is 0.882 bits per heavy atom. The Balaban J connectivity index is 3.76. The van der Waals surface area contributed by atoms with Gasteiger partial charge in [-0.15, -0.1) is 0 Å². The summed E-state index contributed by atoms with van der Waals surface area (Å²) in [6.07, 6.45) is 68.2. The first-order valence-electron chi connectivity index (χ1n) is 28.7. The van der Waals surface area contributed by atoms with Crippen LogP contribution in [0.5, 0.6) is 0 Å². The molecule has 0 aromatic rings. The summed E-state index contributed by atoms with van der Waals surface area (Å²) < 4.78 is 23.5. The van der Waals surface area contributed by atoms with Crippen molar-refractivity contribution in [1.82, 2.24) is 5.32 Å². The van der Waals surface area contributed by atoms with Crippen LogP contribution in [0.3, 0.4) is 0 Å². The number of rotatable bonds is 52. The van der Waals surface area contributed by atoms with E-state index < -0.39 is 20.0 Å². The maximum Gasteiger partial charge on any atom is 0.472 e. The molecule has 0 bridgehead atoms. The number of phosphoric ester groups is 1. The van der Waals surface area contributed by atoms with E-state index in [9.17, 15) is 19.4 Å². The largest absolute Gasteiger partial charge is 0.472 e. The Bertz CT molecular complexity index is 1290. The molecule has 398 valence electrons. The van der Waals surface area contributed by atoms with Crippen molar-refractivity contribution in [2.45, 2.75) is 270 Å². The van der Waals surface area contributed by atoms with E-state index in [1.165, 1.54) is 180 Å². The van der Waals surface area contributed by atoms with Crippen molar-refractivity contribution >= 4 is 13.7 Å². The molecule has 3 atom stereocenters. The van der Waals surface area contributed by atoms with Crippen LogP contribution >= 0.6 is 7.82 Å². The molecule has 9 heteroatoms. The zero-order valence-corrected chi connectivity index (χ0v) is 46.2. The van der Waals surface area contributed by atoms with Gasteiger partial charge in [-0.25, -0.2) is 4.57 Å². The van der Waals surface area contributed by atoms with Crippen molar-refractivity contribution in [3.05, 3.63) is 60.8 Å². The highest BCUT2D eigenvalue weighted by Gasteiger charge is 2.27. The number of aliphatic hydroxyl groups excluding tert-OH is 1. The SMILES string of the molecule is CCC/C=C/CC/C=C/C(O)C(COP(=O)(O)OCC[N+](C)(C)C)NC(=O)CCCCCCCCCCCCCCCCCCCCCCCCCC/C=C\C/C=C\C/C=C\CCCCCCC. The van der Waals surface area contributed by atoms with Gasteiger partial charge in [-0.1, -0.05) is 248 Å². The molecule has 0 fully saturated rings.